The van der Waals surface area contributed by atoms with Crippen molar-refractivity contribution in [2.45, 2.75) is 58.9 Å². The van der Waals surface area contributed by atoms with Gasteiger partial charge >= 0.3 is 0 Å². The minimum atomic E-state index is 0.383. The maximum Gasteiger partial charge on any atom is 0.0471 e. The Morgan fingerprint density at radius 1 is 1.06 bits per heavy atom. The molecule has 1 saturated heterocycles. The molecule has 2 nitrogen and oxygen atoms in total. The summed E-state index contributed by atoms with van der Waals surface area (Å²) in [4.78, 5) is 2.64. The van der Waals surface area contributed by atoms with E-state index < -0.39 is 0 Å². The molecule has 1 aliphatic carbocycles. The number of likely N-dealkylation sites (tertiary alicyclic amines) is 1. The van der Waals surface area contributed by atoms with Crippen molar-refractivity contribution in [1.82, 2.24) is 4.90 Å². The first kappa shape index (κ1) is 13.4. The van der Waals surface area contributed by atoms with Gasteiger partial charge in [-0.05, 0) is 55.9 Å². The predicted molar refractivity (Wildman–Crippen MR) is 72.0 cm³/mol. The molecule has 2 rings (SSSR count). The van der Waals surface area contributed by atoms with E-state index in [0.29, 0.717) is 17.9 Å². The average Bonchev–Trinajstić information content (AvgIpc) is 2.76. The highest BCUT2D eigenvalue weighted by Gasteiger charge is 2.34. The summed E-state index contributed by atoms with van der Waals surface area (Å²) in [5, 5.41) is 9.20. The number of hydrogen-bond donors (Lipinski definition) is 1. The molecule has 17 heavy (non-hydrogen) atoms. The Morgan fingerprint density at radius 3 is 2.18 bits per heavy atom. The van der Waals surface area contributed by atoms with E-state index in [1.165, 1.54) is 38.6 Å². The summed E-state index contributed by atoms with van der Waals surface area (Å²) in [6.07, 6.45) is 6.75. The van der Waals surface area contributed by atoms with Gasteiger partial charge < -0.3 is 10.0 Å². The monoisotopic (exact) mass is 239 g/mol. The lowest BCUT2D eigenvalue weighted by molar-refractivity contribution is 0.105. The molecule has 1 saturated carbocycles. The van der Waals surface area contributed by atoms with Crippen LogP contribution in [0.15, 0.2) is 0 Å². The fourth-order valence-corrected chi connectivity index (χ4v) is 3.65. The van der Waals surface area contributed by atoms with E-state index in [1.54, 1.807) is 0 Å². The topological polar surface area (TPSA) is 23.5 Å². The SMILES string of the molecule is CC(C)(C)C1CCC(N2CC[C@H](CO)C2)CC1. The third-order valence-corrected chi connectivity index (χ3v) is 5.01. The number of aliphatic hydroxyl groups is 1. The Morgan fingerprint density at radius 2 is 1.71 bits per heavy atom. The van der Waals surface area contributed by atoms with Gasteiger partial charge in [0.15, 0.2) is 0 Å². The minimum absolute atomic E-state index is 0.383. The number of hydrogen-bond acceptors (Lipinski definition) is 2. The number of rotatable bonds is 2. The Bertz CT molecular complexity index is 238. The fraction of sp³-hybridized carbons (Fsp3) is 1.00. The second-order valence-electron chi connectivity index (χ2n) is 7.20. The van der Waals surface area contributed by atoms with Crippen molar-refractivity contribution in [3.63, 3.8) is 0 Å². The van der Waals surface area contributed by atoms with Crippen LogP contribution < -0.4 is 0 Å². The van der Waals surface area contributed by atoms with Crippen molar-refractivity contribution in [3.05, 3.63) is 0 Å². The van der Waals surface area contributed by atoms with Crippen molar-refractivity contribution in [2.75, 3.05) is 19.7 Å². The summed E-state index contributed by atoms with van der Waals surface area (Å²) in [6.45, 7) is 9.90. The molecule has 0 aromatic carbocycles. The summed E-state index contributed by atoms with van der Waals surface area (Å²) in [6, 6.07) is 0.810. The highest BCUT2D eigenvalue weighted by atomic mass is 16.3. The zero-order chi connectivity index (χ0) is 12.5. The maximum atomic E-state index is 9.20. The standard InChI is InChI=1S/C15H29NO/c1-15(2,3)13-4-6-14(7-5-13)16-9-8-12(10-16)11-17/h12-14,17H,4-11H2,1-3H3/t12-,13?,14?/m0/s1. The molecule has 0 radical (unpaired) electrons. The Labute approximate surface area is 106 Å². The number of aliphatic hydroxyl groups excluding tert-OH is 1. The van der Waals surface area contributed by atoms with Crippen LogP contribution in [0, 0.1) is 17.3 Å². The van der Waals surface area contributed by atoms with E-state index in [1.807, 2.05) is 0 Å². The summed E-state index contributed by atoms with van der Waals surface area (Å²) < 4.78 is 0. The number of nitrogens with zero attached hydrogens (tertiary/aromatic N) is 1. The van der Waals surface area contributed by atoms with Gasteiger partial charge in [-0.15, -0.1) is 0 Å². The smallest absolute Gasteiger partial charge is 0.0471 e. The minimum Gasteiger partial charge on any atom is -0.396 e. The molecule has 1 heterocycles. The lowest BCUT2D eigenvalue weighted by atomic mass is 9.71. The molecule has 1 atom stereocenters. The molecule has 0 aromatic rings. The third kappa shape index (κ3) is 3.23. The van der Waals surface area contributed by atoms with Gasteiger partial charge in [-0.1, -0.05) is 20.8 Å². The van der Waals surface area contributed by atoms with Crippen LogP contribution in [0.2, 0.25) is 0 Å². The van der Waals surface area contributed by atoms with Crippen molar-refractivity contribution < 1.29 is 5.11 Å². The van der Waals surface area contributed by atoms with Crippen LogP contribution in [0.5, 0.6) is 0 Å². The quantitative estimate of drug-likeness (QED) is 0.801. The molecule has 1 aliphatic heterocycles. The molecule has 0 aromatic heterocycles. The highest BCUT2D eigenvalue weighted by Crippen LogP contribution is 2.39. The van der Waals surface area contributed by atoms with Gasteiger partial charge in [0.05, 0.1) is 0 Å². The van der Waals surface area contributed by atoms with Crippen LogP contribution in [0.1, 0.15) is 52.9 Å². The van der Waals surface area contributed by atoms with E-state index in [9.17, 15) is 5.11 Å². The molecule has 0 amide bonds. The van der Waals surface area contributed by atoms with Crippen molar-refractivity contribution in [3.8, 4) is 0 Å². The van der Waals surface area contributed by atoms with Crippen LogP contribution in [0.4, 0.5) is 0 Å². The highest BCUT2D eigenvalue weighted by molar-refractivity contribution is 4.87. The molecule has 2 heteroatoms. The maximum absolute atomic E-state index is 9.20. The summed E-state index contributed by atoms with van der Waals surface area (Å²) >= 11 is 0. The Balaban J connectivity index is 1.80. The van der Waals surface area contributed by atoms with Gasteiger partial charge in [0, 0.05) is 19.2 Å². The van der Waals surface area contributed by atoms with Gasteiger partial charge in [-0.25, -0.2) is 0 Å². The van der Waals surface area contributed by atoms with Crippen molar-refractivity contribution in [1.29, 1.82) is 0 Å². The Hall–Kier alpha value is -0.0800. The second kappa shape index (κ2) is 5.27. The molecule has 2 aliphatic rings. The van der Waals surface area contributed by atoms with Crippen LogP contribution >= 0.6 is 0 Å². The molecule has 100 valence electrons. The zero-order valence-corrected chi connectivity index (χ0v) is 11.8. The first-order chi connectivity index (χ1) is 8.00. The second-order valence-corrected chi connectivity index (χ2v) is 7.20. The molecule has 0 bridgehead atoms. The van der Waals surface area contributed by atoms with Crippen molar-refractivity contribution in [2.24, 2.45) is 17.3 Å². The van der Waals surface area contributed by atoms with E-state index in [-0.39, 0.29) is 0 Å². The van der Waals surface area contributed by atoms with Crippen molar-refractivity contribution >= 4 is 0 Å². The van der Waals surface area contributed by atoms with Gasteiger partial charge in [0.2, 0.25) is 0 Å². The molecule has 0 spiro atoms. The first-order valence-electron chi connectivity index (χ1n) is 7.35. The predicted octanol–water partition coefficient (Wildman–Crippen LogP) is 2.91. The lowest BCUT2D eigenvalue weighted by Crippen LogP contribution is -2.38. The largest absolute Gasteiger partial charge is 0.396 e. The van der Waals surface area contributed by atoms with Gasteiger partial charge in [-0.3, -0.25) is 0 Å². The van der Waals surface area contributed by atoms with Gasteiger partial charge in [0.1, 0.15) is 0 Å². The van der Waals surface area contributed by atoms with Gasteiger partial charge in [-0.2, -0.15) is 0 Å². The van der Waals surface area contributed by atoms with E-state index >= 15 is 0 Å². The first-order valence-corrected chi connectivity index (χ1v) is 7.35. The molecule has 0 unspecified atom stereocenters. The molecular weight excluding hydrogens is 210 g/mol. The van der Waals surface area contributed by atoms with Crippen LogP contribution in [-0.4, -0.2) is 35.7 Å². The molecule has 1 N–H and O–H groups in total. The molecule has 2 fully saturated rings. The van der Waals surface area contributed by atoms with Gasteiger partial charge in [0.25, 0.3) is 0 Å². The average molecular weight is 239 g/mol. The lowest BCUT2D eigenvalue weighted by Gasteiger charge is -2.40. The molecular formula is C15H29NO. The summed E-state index contributed by atoms with van der Waals surface area (Å²) in [5.41, 5.74) is 0.490. The fourth-order valence-electron chi connectivity index (χ4n) is 3.65. The third-order valence-electron chi connectivity index (χ3n) is 5.01. The van der Waals surface area contributed by atoms with E-state index in [0.717, 1.165) is 18.5 Å². The summed E-state index contributed by atoms with van der Waals surface area (Å²) in [5.74, 6) is 1.46. The Kier molecular flexibility index (Phi) is 4.14. The zero-order valence-electron chi connectivity index (χ0n) is 11.8. The van der Waals surface area contributed by atoms with E-state index in [4.69, 9.17) is 0 Å². The van der Waals surface area contributed by atoms with Crippen LogP contribution in [-0.2, 0) is 0 Å². The van der Waals surface area contributed by atoms with Crippen LogP contribution in [0.3, 0.4) is 0 Å². The van der Waals surface area contributed by atoms with Crippen LogP contribution in [0.25, 0.3) is 0 Å². The normalized spacial score (nSPS) is 36.4. The summed E-state index contributed by atoms with van der Waals surface area (Å²) in [7, 11) is 0. The van der Waals surface area contributed by atoms with E-state index in [2.05, 4.69) is 25.7 Å².